The fraction of sp³-hybridized carbons (Fsp3) is 0.756. The molecule has 0 spiro atoms. The summed E-state index contributed by atoms with van der Waals surface area (Å²) in [6.45, 7) is 7.85. The van der Waals surface area contributed by atoms with Gasteiger partial charge in [0, 0.05) is 25.0 Å². The molecule has 0 aromatic carbocycles. The molecule has 1 aromatic rings. The number of fused-ring (bicyclic) bond motifs is 1. The van der Waals surface area contributed by atoms with Gasteiger partial charge in [0.15, 0.2) is 0 Å². The van der Waals surface area contributed by atoms with Gasteiger partial charge in [-0.3, -0.25) is 33.8 Å². The van der Waals surface area contributed by atoms with Crippen LogP contribution in [0.5, 0.6) is 0 Å². The van der Waals surface area contributed by atoms with Crippen molar-refractivity contribution in [1.29, 1.82) is 0 Å². The number of aromatic nitrogens is 2. The fourth-order valence-electron chi connectivity index (χ4n) is 7.87. The third-order valence-corrected chi connectivity index (χ3v) is 10.7. The summed E-state index contributed by atoms with van der Waals surface area (Å²) >= 11 is 0. The number of amides is 5. The maximum atomic E-state index is 14.6. The van der Waals surface area contributed by atoms with Crippen LogP contribution < -0.4 is 21.3 Å². The molecule has 55 heavy (non-hydrogen) atoms. The molecule has 5 rings (SSSR count). The second kappa shape index (κ2) is 23.5. The van der Waals surface area contributed by atoms with Crippen LogP contribution in [0.2, 0.25) is 0 Å². The summed E-state index contributed by atoms with van der Waals surface area (Å²) in [6, 6.07) is -3.68. The summed E-state index contributed by atoms with van der Waals surface area (Å²) in [4.78, 5) is 91.4. The molecule has 3 saturated carbocycles. The SMILES string of the molecule is C.C.C.C.C.CCC[C@@H](NC(=O)[C@H]1[C@H]2CCC[C@H]2CN1C(=O)[C@H](NC(=O)[C@H](NC(=O)c1cnccn1)C1CCCCC1)C(C)(C)C)C(=O)C(=O)NC1CC1.S. The van der Waals surface area contributed by atoms with Crippen LogP contribution in [0.4, 0.5) is 0 Å². The first kappa shape index (κ1) is 53.6. The van der Waals surface area contributed by atoms with Gasteiger partial charge in [-0.1, -0.05) is 96.9 Å². The summed E-state index contributed by atoms with van der Waals surface area (Å²) in [5.41, 5.74) is -0.638. The minimum Gasteiger partial charge on any atom is -0.347 e. The number of ketones is 1. The minimum absolute atomic E-state index is 0. The molecular formula is C41H75N7O6S. The average molecular weight is 794 g/mol. The second-order valence-electron chi connectivity index (χ2n) is 15.5. The number of likely N-dealkylation sites (tertiary alicyclic amines) is 1. The number of Topliss-reactive ketones (excluding diaryl/α,β-unsaturated/α-hetero) is 1. The largest absolute Gasteiger partial charge is 0.347 e. The number of hydrogen-bond donors (Lipinski definition) is 4. The molecule has 14 heteroatoms. The molecule has 0 unspecified atom stereocenters. The highest BCUT2D eigenvalue weighted by atomic mass is 32.1. The zero-order chi connectivity index (χ0) is 35.3. The molecule has 1 saturated heterocycles. The number of hydrogen-bond acceptors (Lipinski definition) is 8. The van der Waals surface area contributed by atoms with Gasteiger partial charge in [0.05, 0.1) is 12.2 Å². The Morgan fingerprint density at radius 1 is 0.836 bits per heavy atom. The van der Waals surface area contributed by atoms with Gasteiger partial charge in [0.1, 0.15) is 23.8 Å². The highest BCUT2D eigenvalue weighted by Gasteiger charge is 2.52. The molecule has 1 aromatic heterocycles. The number of nitrogens with zero attached hydrogens (tertiary/aromatic N) is 3. The zero-order valence-electron chi connectivity index (χ0n) is 29.8. The predicted molar refractivity (Wildman–Crippen MR) is 225 cm³/mol. The molecule has 13 nitrogen and oxygen atoms in total. The van der Waals surface area contributed by atoms with E-state index in [9.17, 15) is 28.8 Å². The van der Waals surface area contributed by atoms with E-state index in [4.69, 9.17) is 0 Å². The minimum atomic E-state index is -0.994. The second-order valence-corrected chi connectivity index (χ2v) is 15.5. The van der Waals surface area contributed by atoms with E-state index >= 15 is 0 Å². The fourth-order valence-corrected chi connectivity index (χ4v) is 7.87. The molecule has 5 amide bonds. The van der Waals surface area contributed by atoms with E-state index in [0.717, 1.165) is 64.2 Å². The zero-order valence-corrected chi connectivity index (χ0v) is 30.8. The normalized spacial score (nSPS) is 21.6. The number of carbonyl (C=O) groups is 6. The van der Waals surface area contributed by atoms with Gasteiger partial charge in [-0.25, -0.2) is 4.98 Å². The van der Waals surface area contributed by atoms with Crippen LogP contribution in [0.25, 0.3) is 0 Å². The molecule has 6 atom stereocenters. The van der Waals surface area contributed by atoms with Crippen molar-refractivity contribution in [3.8, 4) is 0 Å². The van der Waals surface area contributed by atoms with Crippen LogP contribution in [-0.2, 0) is 24.0 Å². The van der Waals surface area contributed by atoms with Crippen molar-refractivity contribution in [2.45, 2.75) is 172 Å². The lowest BCUT2D eigenvalue weighted by Crippen LogP contribution is -2.62. The topological polar surface area (TPSA) is 180 Å². The first-order valence-corrected chi connectivity index (χ1v) is 18.2. The predicted octanol–water partition coefficient (Wildman–Crippen LogP) is 5.74. The standard InChI is InChI=1S/C36H53N7O6.5CH4.H2S/c1-5-10-25(29(44)34(48)39-23-15-16-23)40-33(47)28-24-14-9-13-22(24)20-43(28)35(49)30(36(2,3)4)42-32(46)27(21-11-7-6-8-12-21)41-31(45)26-19-37-17-18-38-26;;;;;;/h17-19,21-25,27-28,30H,5-16,20H2,1-4H3,(H,39,48)(H,40,47)(H,41,45)(H,42,46);5*1H4;1H2/t22-,24-,25+,27+,28+,30-;;;;;;/m0....../s1. The van der Waals surface area contributed by atoms with Crippen molar-refractivity contribution < 1.29 is 28.8 Å². The third kappa shape index (κ3) is 13.3. The van der Waals surface area contributed by atoms with E-state index in [0.29, 0.717) is 19.4 Å². The van der Waals surface area contributed by atoms with Crippen molar-refractivity contribution in [3.63, 3.8) is 0 Å². The molecule has 2 heterocycles. The monoisotopic (exact) mass is 794 g/mol. The van der Waals surface area contributed by atoms with E-state index in [1.807, 2.05) is 27.7 Å². The molecule has 316 valence electrons. The highest BCUT2D eigenvalue weighted by molar-refractivity contribution is 7.59. The lowest BCUT2D eigenvalue weighted by molar-refractivity contribution is -0.146. The van der Waals surface area contributed by atoms with E-state index in [1.165, 1.54) is 18.6 Å². The number of carbonyl (C=O) groups excluding carboxylic acids is 6. The van der Waals surface area contributed by atoms with E-state index in [1.54, 1.807) is 4.90 Å². The summed E-state index contributed by atoms with van der Waals surface area (Å²) in [6.07, 6.45) is 13.9. The summed E-state index contributed by atoms with van der Waals surface area (Å²) in [5, 5.41) is 11.5. The molecule has 3 aliphatic carbocycles. The lowest BCUT2D eigenvalue weighted by atomic mass is 9.82. The van der Waals surface area contributed by atoms with Crippen LogP contribution in [0.3, 0.4) is 0 Å². The number of rotatable bonds is 13. The Labute approximate surface area is 339 Å². The van der Waals surface area contributed by atoms with Gasteiger partial charge in [-0.05, 0) is 68.1 Å². The first-order valence-electron chi connectivity index (χ1n) is 18.2. The first-order chi connectivity index (χ1) is 23.4. The number of nitrogens with one attached hydrogen (secondary N) is 4. The molecule has 0 bridgehead atoms. The van der Waals surface area contributed by atoms with Crippen LogP contribution in [0, 0.1) is 23.2 Å². The van der Waals surface area contributed by atoms with E-state index in [-0.39, 0.29) is 86.0 Å². The van der Waals surface area contributed by atoms with Crippen molar-refractivity contribution in [2.24, 2.45) is 23.2 Å². The Morgan fingerprint density at radius 3 is 2.05 bits per heavy atom. The van der Waals surface area contributed by atoms with Crippen molar-refractivity contribution >= 4 is 48.8 Å². The molecule has 4 N–H and O–H groups in total. The van der Waals surface area contributed by atoms with Gasteiger partial charge in [-0.2, -0.15) is 13.5 Å². The Morgan fingerprint density at radius 2 is 1.49 bits per heavy atom. The van der Waals surface area contributed by atoms with Crippen LogP contribution in [0.1, 0.15) is 152 Å². The van der Waals surface area contributed by atoms with Gasteiger partial charge in [0.2, 0.25) is 23.5 Å². The smallest absolute Gasteiger partial charge is 0.289 e. The third-order valence-electron chi connectivity index (χ3n) is 10.7. The van der Waals surface area contributed by atoms with Crippen LogP contribution >= 0.6 is 13.5 Å². The molecule has 0 radical (unpaired) electrons. The van der Waals surface area contributed by atoms with Crippen molar-refractivity contribution in [1.82, 2.24) is 36.1 Å². The summed E-state index contributed by atoms with van der Waals surface area (Å²) < 4.78 is 0. The molecule has 4 aliphatic rings. The average Bonchev–Trinajstić information content (AvgIpc) is 3.65. The molecular weight excluding hydrogens is 719 g/mol. The molecule has 1 aliphatic heterocycles. The summed E-state index contributed by atoms with van der Waals surface area (Å²) in [5.74, 6) is -3.20. The maximum absolute atomic E-state index is 14.6. The summed E-state index contributed by atoms with van der Waals surface area (Å²) in [7, 11) is 0. The van der Waals surface area contributed by atoms with E-state index in [2.05, 4.69) is 31.2 Å². The van der Waals surface area contributed by atoms with Crippen LogP contribution in [0.15, 0.2) is 18.6 Å². The van der Waals surface area contributed by atoms with Gasteiger partial charge >= 0.3 is 0 Å². The Hall–Kier alpha value is -3.55. The van der Waals surface area contributed by atoms with Crippen molar-refractivity contribution in [3.05, 3.63) is 24.3 Å². The lowest BCUT2D eigenvalue weighted by Gasteiger charge is -2.38. The van der Waals surface area contributed by atoms with Gasteiger partial charge in [-0.15, -0.1) is 0 Å². The van der Waals surface area contributed by atoms with Gasteiger partial charge in [0.25, 0.3) is 11.8 Å². The Bertz CT molecular complexity index is 1400. The Kier molecular flexibility index (Phi) is 22.9. The molecule has 4 fully saturated rings. The van der Waals surface area contributed by atoms with Crippen LogP contribution in [-0.4, -0.2) is 86.9 Å². The van der Waals surface area contributed by atoms with Crippen molar-refractivity contribution in [2.75, 3.05) is 6.54 Å². The maximum Gasteiger partial charge on any atom is 0.289 e. The Balaban J connectivity index is 0. The van der Waals surface area contributed by atoms with Gasteiger partial charge < -0.3 is 26.2 Å². The van der Waals surface area contributed by atoms with E-state index < -0.39 is 59.0 Å². The quantitative estimate of drug-likeness (QED) is 0.183. The highest BCUT2D eigenvalue weighted by Crippen LogP contribution is 2.43.